The van der Waals surface area contributed by atoms with Gasteiger partial charge < -0.3 is 10.6 Å². The van der Waals surface area contributed by atoms with Crippen LogP contribution in [-0.4, -0.2) is 24.9 Å². The van der Waals surface area contributed by atoms with E-state index in [1.165, 1.54) is 12.5 Å². The van der Waals surface area contributed by atoms with Crippen LogP contribution in [0.1, 0.15) is 44.1 Å². The van der Waals surface area contributed by atoms with Crippen LogP contribution < -0.4 is 10.6 Å². The first-order valence-corrected chi connectivity index (χ1v) is 7.74. The van der Waals surface area contributed by atoms with Crippen LogP contribution in [0.2, 0.25) is 0 Å². The minimum Gasteiger partial charge on any atom is -0.355 e. The Morgan fingerprint density at radius 3 is 2.24 bits per heavy atom. The maximum absolute atomic E-state index is 12.1. The van der Waals surface area contributed by atoms with Crippen molar-refractivity contribution in [2.24, 2.45) is 5.92 Å². The molecule has 0 saturated heterocycles. The first-order valence-electron chi connectivity index (χ1n) is 7.74. The van der Waals surface area contributed by atoms with Crippen molar-refractivity contribution in [1.82, 2.24) is 10.6 Å². The van der Waals surface area contributed by atoms with E-state index in [4.69, 9.17) is 0 Å². The van der Waals surface area contributed by atoms with E-state index in [1.54, 1.807) is 0 Å². The van der Waals surface area contributed by atoms with Crippen molar-refractivity contribution in [3.05, 3.63) is 35.9 Å². The maximum atomic E-state index is 12.1. The number of carbonyl (C=O) groups excluding carboxylic acids is 2. The molecule has 0 aliphatic heterocycles. The molecular formula is C17H24N2O2. The second kappa shape index (κ2) is 7.81. The van der Waals surface area contributed by atoms with Gasteiger partial charge in [-0.15, -0.1) is 0 Å². The second-order valence-corrected chi connectivity index (χ2v) is 5.73. The Morgan fingerprint density at radius 1 is 1.00 bits per heavy atom. The van der Waals surface area contributed by atoms with Crippen LogP contribution in [0.5, 0.6) is 0 Å². The fourth-order valence-electron chi connectivity index (χ4n) is 2.98. The molecule has 114 valence electrons. The summed E-state index contributed by atoms with van der Waals surface area (Å²) in [5.74, 6) is 0.788. The molecule has 1 aromatic rings. The van der Waals surface area contributed by atoms with Gasteiger partial charge in [0.05, 0.1) is 0 Å². The number of benzene rings is 1. The summed E-state index contributed by atoms with van der Waals surface area (Å²) in [4.78, 5) is 22.8. The van der Waals surface area contributed by atoms with Crippen molar-refractivity contribution in [2.75, 3.05) is 13.1 Å². The fraction of sp³-hybridized carbons (Fsp3) is 0.529. The molecule has 1 aliphatic carbocycles. The molecule has 1 aromatic carbocycles. The Balaban J connectivity index is 1.71. The van der Waals surface area contributed by atoms with Crippen molar-refractivity contribution in [3.63, 3.8) is 0 Å². The Morgan fingerprint density at radius 2 is 1.62 bits per heavy atom. The van der Waals surface area contributed by atoms with E-state index in [0.717, 1.165) is 25.7 Å². The Labute approximate surface area is 126 Å². The van der Waals surface area contributed by atoms with Gasteiger partial charge in [-0.05, 0) is 37.2 Å². The van der Waals surface area contributed by atoms with Gasteiger partial charge in [0.2, 0.25) is 11.8 Å². The minimum absolute atomic E-state index is 0.0624. The summed E-state index contributed by atoms with van der Waals surface area (Å²) in [6.07, 6.45) is 4.05. The molecule has 0 radical (unpaired) electrons. The predicted molar refractivity (Wildman–Crippen MR) is 82.8 cm³/mol. The number of nitrogens with one attached hydrogen (secondary N) is 2. The molecule has 0 atom stereocenters. The van der Waals surface area contributed by atoms with Crippen LogP contribution in [0.3, 0.4) is 0 Å². The summed E-state index contributed by atoms with van der Waals surface area (Å²) in [6.45, 7) is 2.49. The number of carbonyl (C=O) groups is 2. The SMILES string of the molecule is CC(=O)NCCNC(=O)C1CCC(c2ccccc2)CC1. The number of amides is 2. The molecule has 1 saturated carbocycles. The van der Waals surface area contributed by atoms with Gasteiger partial charge in [0.1, 0.15) is 0 Å². The Bertz CT molecular complexity index is 465. The quantitative estimate of drug-likeness (QED) is 0.816. The number of hydrogen-bond acceptors (Lipinski definition) is 2. The van der Waals surface area contributed by atoms with Crippen molar-refractivity contribution in [2.45, 2.75) is 38.5 Å². The van der Waals surface area contributed by atoms with E-state index in [2.05, 4.69) is 34.9 Å². The lowest BCUT2D eigenvalue weighted by molar-refractivity contribution is -0.126. The Hall–Kier alpha value is -1.84. The average molecular weight is 288 g/mol. The van der Waals surface area contributed by atoms with Gasteiger partial charge in [-0.25, -0.2) is 0 Å². The summed E-state index contributed by atoms with van der Waals surface area (Å²) >= 11 is 0. The highest BCUT2D eigenvalue weighted by atomic mass is 16.2. The third kappa shape index (κ3) is 4.88. The molecule has 4 heteroatoms. The molecule has 4 nitrogen and oxygen atoms in total. The standard InChI is InChI=1S/C17H24N2O2/c1-13(20)18-11-12-19-17(21)16-9-7-15(8-10-16)14-5-3-2-4-6-14/h2-6,15-16H,7-12H2,1H3,(H,18,20)(H,19,21). The van der Waals surface area contributed by atoms with E-state index in [1.807, 2.05) is 6.07 Å². The molecule has 2 rings (SSSR count). The molecule has 2 N–H and O–H groups in total. The van der Waals surface area contributed by atoms with Gasteiger partial charge in [0.25, 0.3) is 0 Å². The smallest absolute Gasteiger partial charge is 0.223 e. The van der Waals surface area contributed by atoms with Crippen molar-refractivity contribution in [1.29, 1.82) is 0 Å². The highest BCUT2D eigenvalue weighted by molar-refractivity contribution is 5.78. The van der Waals surface area contributed by atoms with Crippen LogP contribution >= 0.6 is 0 Å². The van der Waals surface area contributed by atoms with Crippen LogP contribution in [0.25, 0.3) is 0 Å². The minimum atomic E-state index is -0.0624. The number of hydrogen-bond donors (Lipinski definition) is 2. The predicted octanol–water partition coefficient (Wildman–Crippen LogP) is 2.21. The average Bonchev–Trinajstić information content (AvgIpc) is 2.52. The van der Waals surface area contributed by atoms with Crippen LogP contribution in [0, 0.1) is 5.92 Å². The molecular weight excluding hydrogens is 264 g/mol. The lowest BCUT2D eigenvalue weighted by Gasteiger charge is -2.28. The van der Waals surface area contributed by atoms with E-state index < -0.39 is 0 Å². The van der Waals surface area contributed by atoms with E-state index >= 15 is 0 Å². The zero-order valence-corrected chi connectivity index (χ0v) is 12.6. The lowest BCUT2D eigenvalue weighted by atomic mass is 9.78. The maximum Gasteiger partial charge on any atom is 0.223 e. The Kier molecular flexibility index (Phi) is 5.78. The topological polar surface area (TPSA) is 58.2 Å². The summed E-state index contributed by atoms with van der Waals surface area (Å²) in [5, 5.41) is 5.59. The van der Waals surface area contributed by atoms with E-state index in [9.17, 15) is 9.59 Å². The summed E-state index contributed by atoms with van der Waals surface area (Å²) in [5.41, 5.74) is 1.39. The van der Waals surface area contributed by atoms with Crippen molar-refractivity contribution in [3.8, 4) is 0 Å². The third-order valence-corrected chi connectivity index (χ3v) is 4.17. The molecule has 21 heavy (non-hydrogen) atoms. The van der Waals surface area contributed by atoms with Gasteiger partial charge in [-0.2, -0.15) is 0 Å². The molecule has 0 aromatic heterocycles. The number of rotatable bonds is 5. The zero-order chi connectivity index (χ0) is 15.1. The fourth-order valence-corrected chi connectivity index (χ4v) is 2.98. The van der Waals surface area contributed by atoms with Crippen LogP contribution in [0.4, 0.5) is 0 Å². The zero-order valence-electron chi connectivity index (χ0n) is 12.6. The molecule has 0 heterocycles. The van der Waals surface area contributed by atoms with Gasteiger partial charge >= 0.3 is 0 Å². The monoisotopic (exact) mass is 288 g/mol. The van der Waals surface area contributed by atoms with Crippen LogP contribution in [-0.2, 0) is 9.59 Å². The summed E-state index contributed by atoms with van der Waals surface area (Å²) < 4.78 is 0. The molecule has 0 spiro atoms. The molecule has 0 bridgehead atoms. The first kappa shape index (κ1) is 15.5. The molecule has 2 amide bonds. The summed E-state index contributed by atoms with van der Waals surface area (Å²) in [7, 11) is 0. The summed E-state index contributed by atoms with van der Waals surface area (Å²) in [6, 6.07) is 10.6. The van der Waals surface area contributed by atoms with Crippen LogP contribution in [0.15, 0.2) is 30.3 Å². The van der Waals surface area contributed by atoms with Gasteiger partial charge in [0, 0.05) is 25.9 Å². The lowest BCUT2D eigenvalue weighted by Crippen LogP contribution is -2.38. The van der Waals surface area contributed by atoms with Crippen molar-refractivity contribution >= 4 is 11.8 Å². The van der Waals surface area contributed by atoms with Gasteiger partial charge in [0.15, 0.2) is 0 Å². The highest BCUT2D eigenvalue weighted by Crippen LogP contribution is 2.35. The molecule has 1 fully saturated rings. The van der Waals surface area contributed by atoms with Crippen molar-refractivity contribution < 1.29 is 9.59 Å². The largest absolute Gasteiger partial charge is 0.355 e. The third-order valence-electron chi connectivity index (χ3n) is 4.17. The van der Waals surface area contributed by atoms with Gasteiger partial charge in [-0.3, -0.25) is 9.59 Å². The second-order valence-electron chi connectivity index (χ2n) is 5.73. The van der Waals surface area contributed by atoms with Gasteiger partial charge in [-0.1, -0.05) is 30.3 Å². The van der Waals surface area contributed by atoms with E-state index in [-0.39, 0.29) is 17.7 Å². The molecule has 0 unspecified atom stereocenters. The van der Waals surface area contributed by atoms with E-state index in [0.29, 0.717) is 19.0 Å². The highest BCUT2D eigenvalue weighted by Gasteiger charge is 2.26. The molecule has 1 aliphatic rings. The normalized spacial score (nSPS) is 21.6. The first-order chi connectivity index (χ1) is 10.2.